The third kappa shape index (κ3) is 8.35. The Morgan fingerprint density at radius 1 is 0.854 bits per heavy atom. The number of nitrogens with zero attached hydrogens (tertiary/aromatic N) is 1. The summed E-state index contributed by atoms with van der Waals surface area (Å²) in [6.45, 7) is 1.79. The van der Waals surface area contributed by atoms with Crippen LogP contribution in [0, 0.1) is 0 Å². The summed E-state index contributed by atoms with van der Waals surface area (Å²) in [7, 11) is 1.51. The number of benzene rings is 4. The smallest absolute Gasteiger partial charge is 0.416 e. The molecule has 0 aliphatic rings. The van der Waals surface area contributed by atoms with Gasteiger partial charge in [0.1, 0.15) is 0 Å². The minimum atomic E-state index is -4.41. The molecule has 214 valence electrons. The van der Waals surface area contributed by atoms with Crippen LogP contribution in [0.4, 0.5) is 13.2 Å². The number of rotatable bonds is 13. The number of carbonyl (C=O) groups excluding carboxylic acids is 1. The van der Waals surface area contributed by atoms with Gasteiger partial charge in [0.25, 0.3) is 0 Å². The molecule has 2 N–H and O–H groups in total. The van der Waals surface area contributed by atoms with Gasteiger partial charge in [0.05, 0.1) is 19.3 Å². The van der Waals surface area contributed by atoms with Crippen LogP contribution in [-0.4, -0.2) is 37.6 Å². The number of hydrogen-bond acceptors (Lipinski definition) is 4. The Kier molecular flexibility index (Phi) is 10.0. The first-order chi connectivity index (χ1) is 19.7. The molecule has 0 saturated heterocycles. The van der Waals surface area contributed by atoms with Gasteiger partial charge in [-0.3, -0.25) is 9.69 Å². The topological polar surface area (TPSA) is 64.8 Å². The zero-order chi connectivity index (χ0) is 29.2. The van der Waals surface area contributed by atoms with Gasteiger partial charge >= 0.3 is 6.18 Å². The van der Waals surface area contributed by atoms with Gasteiger partial charge < -0.3 is 15.2 Å². The van der Waals surface area contributed by atoms with E-state index in [1.54, 1.807) is 24.3 Å². The lowest BCUT2D eigenvalue weighted by Crippen LogP contribution is -2.31. The lowest BCUT2D eigenvalue weighted by molar-refractivity contribution is -0.137. The number of halogens is 3. The number of alkyl halides is 3. The number of carbonyl (C=O) groups is 1. The van der Waals surface area contributed by atoms with Crippen molar-refractivity contribution in [1.82, 2.24) is 4.90 Å². The van der Waals surface area contributed by atoms with Gasteiger partial charge in [-0.25, -0.2) is 0 Å². The molecular weight excluding hydrogens is 529 g/mol. The highest BCUT2D eigenvalue weighted by atomic mass is 19.4. The van der Waals surface area contributed by atoms with Crippen molar-refractivity contribution in [3.63, 3.8) is 0 Å². The number of amides is 1. The quantitative estimate of drug-likeness (QED) is 0.180. The normalized spacial score (nSPS) is 11.6. The van der Waals surface area contributed by atoms with Crippen molar-refractivity contribution in [1.29, 1.82) is 0 Å². The van der Waals surface area contributed by atoms with Crippen LogP contribution < -0.4 is 15.2 Å². The minimum absolute atomic E-state index is 0.0106. The molecule has 0 spiro atoms. The van der Waals surface area contributed by atoms with Gasteiger partial charge in [0.15, 0.2) is 11.5 Å². The SMILES string of the molecule is COc1ccc(C(N)=O)cc1OCCCN(Cc1cccc(C(F)(F)F)c1)CC(c1ccccc1)c1ccccc1. The van der Waals surface area contributed by atoms with E-state index in [0.29, 0.717) is 55.3 Å². The highest BCUT2D eigenvalue weighted by Crippen LogP contribution is 2.31. The van der Waals surface area contributed by atoms with E-state index in [4.69, 9.17) is 15.2 Å². The molecule has 0 radical (unpaired) electrons. The van der Waals surface area contributed by atoms with Crippen LogP contribution in [0.2, 0.25) is 0 Å². The summed E-state index contributed by atoms with van der Waals surface area (Å²) in [4.78, 5) is 13.8. The third-order valence-electron chi connectivity index (χ3n) is 6.83. The molecular formula is C33H33F3N2O3. The number of hydrogen-bond donors (Lipinski definition) is 1. The molecule has 0 heterocycles. The van der Waals surface area contributed by atoms with Gasteiger partial charge in [-0.1, -0.05) is 78.9 Å². The number of methoxy groups -OCH3 is 1. The standard InChI is InChI=1S/C33H33F3N2O3/c1-40-30-17-16-27(32(37)39)21-31(30)41-19-9-18-38(22-24-10-8-15-28(20-24)33(34,35)36)23-29(25-11-4-2-5-12-25)26-13-6-3-7-14-26/h2-8,10-17,20-21,29H,9,18-19,22-23H2,1H3,(H2,37,39). The summed E-state index contributed by atoms with van der Waals surface area (Å²) in [6.07, 6.45) is -3.83. The van der Waals surface area contributed by atoms with E-state index >= 15 is 0 Å². The van der Waals surface area contributed by atoms with Gasteiger partial charge in [-0.05, 0) is 47.4 Å². The highest BCUT2D eigenvalue weighted by Gasteiger charge is 2.30. The Bertz CT molecular complexity index is 1370. The summed E-state index contributed by atoms with van der Waals surface area (Å²) < 4.78 is 51.6. The molecule has 0 bridgehead atoms. The molecule has 5 nitrogen and oxygen atoms in total. The van der Waals surface area contributed by atoms with Gasteiger partial charge in [0, 0.05) is 31.1 Å². The summed E-state index contributed by atoms with van der Waals surface area (Å²) in [5.74, 6) is 0.317. The predicted molar refractivity (Wildman–Crippen MR) is 153 cm³/mol. The Balaban J connectivity index is 1.55. The van der Waals surface area contributed by atoms with E-state index in [-0.39, 0.29) is 5.92 Å². The average Bonchev–Trinajstić information content (AvgIpc) is 2.98. The summed E-state index contributed by atoms with van der Waals surface area (Å²) in [6, 6.07) is 30.4. The summed E-state index contributed by atoms with van der Waals surface area (Å²) in [5.41, 5.74) is 7.88. The second-order valence-corrected chi connectivity index (χ2v) is 9.74. The van der Waals surface area contributed by atoms with Crippen LogP contribution in [-0.2, 0) is 12.7 Å². The Labute approximate surface area is 238 Å². The lowest BCUT2D eigenvalue weighted by atomic mass is 9.90. The number of primary amides is 1. The van der Waals surface area contributed by atoms with Crippen LogP contribution in [0.1, 0.15) is 45.0 Å². The van der Waals surface area contributed by atoms with Crippen molar-refractivity contribution in [2.45, 2.75) is 25.1 Å². The molecule has 0 saturated carbocycles. The van der Waals surface area contributed by atoms with Crippen LogP contribution >= 0.6 is 0 Å². The predicted octanol–water partition coefficient (Wildman–Crippen LogP) is 6.92. The molecule has 1 amide bonds. The minimum Gasteiger partial charge on any atom is -0.493 e. The molecule has 0 atom stereocenters. The van der Waals surface area contributed by atoms with Crippen molar-refractivity contribution in [3.05, 3.63) is 131 Å². The molecule has 41 heavy (non-hydrogen) atoms. The average molecular weight is 563 g/mol. The van der Waals surface area contributed by atoms with Crippen LogP contribution in [0.25, 0.3) is 0 Å². The first-order valence-electron chi connectivity index (χ1n) is 13.3. The fourth-order valence-electron chi connectivity index (χ4n) is 4.78. The molecule has 0 aliphatic heterocycles. The second-order valence-electron chi connectivity index (χ2n) is 9.74. The van der Waals surface area contributed by atoms with Crippen molar-refractivity contribution in [2.24, 2.45) is 5.73 Å². The zero-order valence-corrected chi connectivity index (χ0v) is 22.8. The maximum atomic E-state index is 13.4. The van der Waals surface area contributed by atoms with E-state index in [2.05, 4.69) is 29.2 Å². The third-order valence-corrected chi connectivity index (χ3v) is 6.83. The van der Waals surface area contributed by atoms with Gasteiger partial charge in [-0.2, -0.15) is 13.2 Å². The Hall–Kier alpha value is -4.30. The van der Waals surface area contributed by atoms with E-state index in [1.807, 2.05) is 36.4 Å². The van der Waals surface area contributed by atoms with E-state index in [1.165, 1.54) is 19.2 Å². The maximum absolute atomic E-state index is 13.4. The second kappa shape index (κ2) is 13.9. The fraction of sp³-hybridized carbons (Fsp3) is 0.242. The molecule has 8 heteroatoms. The van der Waals surface area contributed by atoms with Crippen molar-refractivity contribution >= 4 is 5.91 Å². The molecule has 0 aromatic heterocycles. The molecule has 4 aromatic rings. The van der Waals surface area contributed by atoms with E-state index in [0.717, 1.165) is 17.2 Å². The highest BCUT2D eigenvalue weighted by molar-refractivity contribution is 5.93. The number of ether oxygens (including phenoxy) is 2. The van der Waals surface area contributed by atoms with Crippen LogP contribution in [0.5, 0.6) is 11.5 Å². The lowest BCUT2D eigenvalue weighted by Gasteiger charge is -2.29. The van der Waals surface area contributed by atoms with Gasteiger partial charge in [-0.15, -0.1) is 0 Å². The Morgan fingerprint density at radius 3 is 2.10 bits per heavy atom. The van der Waals surface area contributed by atoms with Crippen LogP contribution in [0.15, 0.2) is 103 Å². The van der Waals surface area contributed by atoms with Gasteiger partial charge in [0.2, 0.25) is 5.91 Å². The van der Waals surface area contributed by atoms with E-state index < -0.39 is 17.6 Å². The summed E-state index contributed by atoms with van der Waals surface area (Å²) in [5, 5.41) is 0. The number of nitrogens with two attached hydrogens (primary N) is 1. The maximum Gasteiger partial charge on any atom is 0.416 e. The molecule has 0 unspecified atom stereocenters. The van der Waals surface area contributed by atoms with Crippen molar-refractivity contribution in [2.75, 3.05) is 26.8 Å². The largest absolute Gasteiger partial charge is 0.493 e. The Morgan fingerprint density at radius 2 is 1.51 bits per heavy atom. The fourth-order valence-corrected chi connectivity index (χ4v) is 4.78. The van der Waals surface area contributed by atoms with Crippen LogP contribution in [0.3, 0.4) is 0 Å². The van der Waals surface area contributed by atoms with Crippen molar-refractivity contribution in [3.8, 4) is 11.5 Å². The monoisotopic (exact) mass is 562 g/mol. The molecule has 0 aliphatic carbocycles. The molecule has 4 rings (SSSR count). The molecule has 4 aromatic carbocycles. The first kappa shape index (κ1) is 29.7. The summed E-state index contributed by atoms with van der Waals surface area (Å²) >= 11 is 0. The molecule has 0 fully saturated rings. The first-order valence-corrected chi connectivity index (χ1v) is 13.3. The zero-order valence-electron chi connectivity index (χ0n) is 22.8. The van der Waals surface area contributed by atoms with E-state index in [9.17, 15) is 18.0 Å². The van der Waals surface area contributed by atoms with Crippen molar-refractivity contribution < 1.29 is 27.4 Å².